The molecule has 0 spiro atoms. The number of nitrogens with one attached hydrogen (secondary N) is 2. The number of hydrogen-bond acceptors (Lipinski definition) is 7. The lowest BCUT2D eigenvalue weighted by atomic mass is 10.0. The Morgan fingerprint density at radius 1 is 1.14 bits per heavy atom. The van der Waals surface area contributed by atoms with Gasteiger partial charge in [0.15, 0.2) is 5.60 Å². The van der Waals surface area contributed by atoms with Crippen molar-refractivity contribution in [3.63, 3.8) is 0 Å². The molecule has 1 saturated heterocycles. The molecule has 1 unspecified atom stereocenters. The highest BCUT2D eigenvalue weighted by atomic mass is 32.1. The first-order chi connectivity index (χ1) is 16.9. The predicted molar refractivity (Wildman–Crippen MR) is 143 cm³/mol. The molecule has 0 bridgehead atoms. The monoisotopic (exact) mass is 486 g/mol. The summed E-state index contributed by atoms with van der Waals surface area (Å²) in [6.07, 6.45) is 7.64. The van der Waals surface area contributed by atoms with E-state index in [9.17, 15) is 5.11 Å². The van der Waals surface area contributed by atoms with E-state index in [1.807, 2.05) is 29.8 Å². The van der Waals surface area contributed by atoms with Crippen molar-refractivity contribution in [2.45, 2.75) is 31.4 Å². The minimum absolute atomic E-state index is 0.593. The second-order valence-electron chi connectivity index (χ2n) is 9.30. The zero-order chi connectivity index (χ0) is 24.4. The summed E-state index contributed by atoms with van der Waals surface area (Å²) in [5, 5.41) is 17.9. The standard InChI is InChI=1S/C27H30N6OS/c1-27(34,26-30-14-17-35-26)11-6-19-4-5-24(33-15-9-20(10-16-33)32(2)3)23(18-19)31-22-8-13-29-25-21(22)7-12-28-25/h4-5,7-8,12-14,17-18,20,34H,9-10,15-16H2,1-3H3,(H2,28,29,31). The van der Waals surface area contributed by atoms with Crippen LogP contribution in [0, 0.1) is 11.8 Å². The lowest BCUT2D eigenvalue weighted by Crippen LogP contribution is -2.42. The van der Waals surface area contributed by atoms with Gasteiger partial charge in [-0.2, -0.15) is 0 Å². The first kappa shape index (κ1) is 23.4. The zero-order valence-corrected chi connectivity index (χ0v) is 21.1. The molecule has 1 aromatic carbocycles. The normalized spacial score (nSPS) is 16.2. The largest absolute Gasteiger partial charge is 0.371 e. The highest BCUT2D eigenvalue weighted by molar-refractivity contribution is 7.09. The molecule has 7 nitrogen and oxygen atoms in total. The SMILES string of the molecule is CN(C)C1CCN(c2ccc(C#CC(C)(O)c3nccs3)cc2Nc2ccnc3[nH]ccc23)CC1. The Hall–Kier alpha value is -3.38. The van der Waals surface area contributed by atoms with Crippen LogP contribution < -0.4 is 10.2 Å². The van der Waals surface area contributed by atoms with Gasteiger partial charge >= 0.3 is 0 Å². The van der Waals surface area contributed by atoms with Gasteiger partial charge in [0.05, 0.1) is 17.1 Å². The van der Waals surface area contributed by atoms with Crippen LogP contribution >= 0.6 is 11.3 Å². The van der Waals surface area contributed by atoms with Crippen molar-refractivity contribution in [3.8, 4) is 11.8 Å². The molecule has 0 radical (unpaired) electrons. The first-order valence-electron chi connectivity index (χ1n) is 11.8. The maximum Gasteiger partial charge on any atom is 0.174 e. The Balaban J connectivity index is 1.49. The predicted octanol–water partition coefficient (Wildman–Crippen LogP) is 4.55. The average Bonchev–Trinajstić information content (AvgIpc) is 3.56. The fraction of sp³-hybridized carbons (Fsp3) is 0.333. The van der Waals surface area contributed by atoms with E-state index in [4.69, 9.17) is 0 Å². The van der Waals surface area contributed by atoms with Crippen molar-refractivity contribution in [2.75, 3.05) is 37.4 Å². The van der Waals surface area contributed by atoms with E-state index < -0.39 is 5.60 Å². The molecule has 3 N–H and O–H groups in total. The number of aromatic amines is 1. The van der Waals surface area contributed by atoms with Gasteiger partial charge in [0.25, 0.3) is 0 Å². The number of H-pyrrole nitrogens is 1. The number of aromatic nitrogens is 3. The number of anilines is 3. The average molecular weight is 487 g/mol. The van der Waals surface area contributed by atoms with E-state index in [1.165, 1.54) is 11.3 Å². The van der Waals surface area contributed by atoms with Crippen LogP contribution in [-0.4, -0.2) is 58.2 Å². The molecule has 1 atom stereocenters. The third kappa shape index (κ3) is 5.03. The van der Waals surface area contributed by atoms with Crippen molar-refractivity contribution >= 4 is 39.4 Å². The zero-order valence-electron chi connectivity index (χ0n) is 20.2. The number of rotatable bonds is 5. The van der Waals surface area contributed by atoms with Crippen molar-refractivity contribution in [1.29, 1.82) is 0 Å². The molecule has 1 aliphatic rings. The third-order valence-corrected chi connectivity index (χ3v) is 7.54. The van der Waals surface area contributed by atoms with Crippen molar-refractivity contribution in [1.82, 2.24) is 19.9 Å². The molecule has 0 aliphatic carbocycles. The topological polar surface area (TPSA) is 80.3 Å². The quantitative estimate of drug-likeness (QED) is 0.359. The molecule has 180 valence electrons. The molecule has 35 heavy (non-hydrogen) atoms. The molecule has 0 saturated carbocycles. The fourth-order valence-electron chi connectivity index (χ4n) is 4.54. The van der Waals surface area contributed by atoms with E-state index in [0.29, 0.717) is 11.0 Å². The number of fused-ring (bicyclic) bond motifs is 1. The Morgan fingerprint density at radius 2 is 1.97 bits per heavy atom. The molecule has 3 aromatic heterocycles. The molecule has 8 heteroatoms. The maximum absolute atomic E-state index is 10.8. The van der Waals surface area contributed by atoms with Crippen LogP contribution in [0.3, 0.4) is 0 Å². The molecule has 0 amide bonds. The Kier molecular flexibility index (Phi) is 6.48. The minimum atomic E-state index is -1.29. The van der Waals surface area contributed by atoms with Crippen molar-refractivity contribution in [2.24, 2.45) is 0 Å². The summed E-state index contributed by atoms with van der Waals surface area (Å²) in [6.45, 7) is 3.68. The van der Waals surface area contributed by atoms with Crippen LogP contribution in [0.1, 0.15) is 30.3 Å². The van der Waals surface area contributed by atoms with Gasteiger partial charge in [0.1, 0.15) is 10.7 Å². The number of piperidine rings is 1. The minimum Gasteiger partial charge on any atom is -0.371 e. The molecular weight excluding hydrogens is 456 g/mol. The van der Waals surface area contributed by atoms with Gasteiger partial charge < -0.3 is 25.2 Å². The summed E-state index contributed by atoms with van der Waals surface area (Å²) in [5.41, 5.74) is 3.51. The summed E-state index contributed by atoms with van der Waals surface area (Å²) in [7, 11) is 4.32. The highest BCUT2D eigenvalue weighted by Crippen LogP contribution is 2.34. The van der Waals surface area contributed by atoms with Crippen LogP contribution in [0.2, 0.25) is 0 Å². The Morgan fingerprint density at radius 3 is 2.71 bits per heavy atom. The van der Waals surface area contributed by atoms with Gasteiger partial charge in [-0.1, -0.05) is 11.8 Å². The lowest BCUT2D eigenvalue weighted by molar-refractivity contribution is 0.122. The first-order valence-corrected chi connectivity index (χ1v) is 12.7. The van der Waals surface area contributed by atoms with Crippen molar-refractivity contribution in [3.05, 3.63) is 64.9 Å². The molecule has 4 aromatic rings. The van der Waals surface area contributed by atoms with Gasteiger partial charge in [-0.05, 0) is 64.2 Å². The number of nitrogens with zero attached hydrogens (tertiary/aromatic N) is 4. The molecule has 5 rings (SSSR count). The number of thiazole rings is 1. The second-order valence-corrected chi connectivity index (χ2v) is 10.2. The molecule has 1 aliphatic heterocycles. The molecule has 4 heterocycles. The van der Waals surface area contributed by atoms with E-state index in [2.05, 4.69) is 68.1 Å². The Bertz CT molecular complexity index is 1360. The van der Waals surface area contributed by atoms with Crippen LogP contribution in [0.4, 0.5) is 17.1 Å². The van der Waals surface area contributed by atoms with Crippen LogP contribution in [0.5, 0.6) is 0 Å². The lowest BCUT2D eigenvalue weighted by Gasteiger charge is -2.37. The number of pyridine rings is 1. The highest BCUT2D eigenvalue weighted by Gasteiger charge is 2.24. The van der Waals surface area contributed by atoms with E-state index >= 15 is 0 Å². The van der Waals surface area contributed by atoms with Crippen LogP contribution in [0.25, 0.3) is 11.0 Å². The van der Waals surface area contributed by atoms with Gasteiger partial charge in [-0.25, -0.2) is 9.97 Å². The van der Waals surface area contributed by atoms with Gasteiger partial charge in [0.2, 0.25) is 0 Å². The smallest absolute Gasteiger partial charge is 0.174 e. The second kappa shape index (κ2) is 9.70. The number of benzene rings is 1. The van der Waals surface area contributed by atoms with Gasteiger partial charge in [-0.3, -0.25) is 0 Å². The van der Waals surface area contributed by atoms with Crippen molar-refractivity contribution < 1.29 is 5.11 Å². The Labute approximate surface area is 209 Å². The summed E-state index contributed by atoms with van der Waals surface area (Å²) >= 11 is 1.40. The van der Waals surface area contributed by atoms with E-state index in [-0.39, 0.29) is 0 Å². The summed E-state index contributed by atoms with van der Waals surface area (Å²) < 4.78 is 0. The summed E-state index contributed by atoms with van der Waals surface area (Å²) in [6, 6.07) is 10.9. The van der Waals surface area contributed by atoms with Gasteiger partial charge in [0, 0.05) is 54.1 Å². The fourth-order valence-corrected chi connectivity index (χ4v) is 5.19. The van der Waals surface area contributed by atoms with Crippen LogP contribution in [-0.2, 0) is 5.60 Å². The van der Waals surface area contributed by atoms with Crippen LogP contribution in [0.15, 0.2) is 54.3 Å². The van der Waals surface area contributed by atoms with Gasteiger partial charge in [-0.15, -0.1) is 11.3 Å². The molecule has 1 fully saturated rings. The third-order valence-electron chi connectivity index (χ3n) is 6.56. The maximum atomic E-state index is 10.8. The van der Waals surface area contributed by atoms with E-state index in [0.717, 1.165) is 59.6 Å². The summed E-state index contributed by atoms with van der Waals surface area (Å²) in [5.74, 6) is 6.17. The summed E-state index contributed by atoms with van der Waals surface area (Å²) in [4.78, 5) is 16.6. The molecular formula is C27H30N6OS. The number of aliphatic hydroxyl groups is 1. The van der Waals surface area contributed by atoms with E-state index in [1.54, 1.807) is 19.3 Å². The number of hydrogen-bond donors (Lipinski definition) is 3.